The molecule has 0 aliphatic heterocycles. The van der Waals surface area contributed by atoms with E-state index in [0.717, 1.165) is 31.4 Å². The van der Waals surface area contributed by atoms with E-state index in [1.54, 1.807) is 6.20 Å². The summed E-state index contributed by atoms with van der Waals surface area (Å²) in [5.41, 5.74) is 1.19. The third-order valence-corrected chi connectivity index (χ3v) is 2.34. The predicted molar refractivity (Wildman–Crippen MR) is 42.2 cm³/mol. The second-order valence-corrected chi connectivity index (χ2v) is 3.20. The zero-order chi connectivity index (χ0) is 8.39. The summed E-state index contributed by atoms with van der Waals surface area (Å²) in [5, 5.41) is 12.5. The summed E-state index contributed by atoms with van der Waals surface area (Å²) in [6, 6.07) is 2.29. The quantitative estimate of drug-likeness (QED) is 0.545. The minimum absolute atomic E-state index is 0.124. The van der Waals surface area contributed by atoms with Crippen LogP contribution in [0.3, 0.4) is 0 Å². The highest BCUT2D eigenvalue weighted by molar-refractivity contribution is 5.17. The van der Waals surface area contributed by atoms with Gasteiger partial charge in [-0.15, -0.1) is 0 Å². The summed E-state index contributed by atoms with van der Waals surface area (Å²) in [7, 11) is 0. The molecule has 1 atom stereocenters. The summed E-state index contributed by atoms with van der Waals surface area (Å²) >= 11 is 0. The van der Waals surface area contributed by atoms with Gasteiger partial charge >= 0.3 is 0 Å². The van der Waals surface area contributed by atoms with Crippen molar-refractivity contribution in [2.45, 2.75) is 25.7 Å². The van der Waals surface area contributed by atoms with E-state index in [-0.39, 0.29) is 5.92 Å². The number of fused-ring (bicyclic) bond motifs is 1. The molecule has 1 aromatic rings. The molecule has 0 aromatic carbocycles. The van der Waals surface area contributed by atoms with E-state index in [1.807, 2.05) is 0 Å². The normalized spacial score (nSPS) is 22.4. The number of hydrogen-bond donors (Lipinski definition) is 0. The van der Waals surface area contributed by atoms with E-state index in [2.05, 4.69) is 11.2 Å². The van der Waals surface area contributed by atoms with Crippen molar-refractivity contribution in [2.24, 2.45) is 5.92 Å². The summed E-state index contributed by atoms with van der Waals surface area (Å²) in [6.07, 6.45) is 5.59. The van der Waals surface area contributed by atoms with E-state index in [0.29, 0.717) is 0 Å². The zero-order valence-electron chi connectivity index (χ0n) is 6.79. The van der Waals surface area contributed by atoms with Crippen LogP contribution in [0.15, 0.2) is 10.7 Å². The molecule has 0 unspecified atom stereocenters. The van der Waals surface area contributed by atoms with Gasteiger partial charge in [0.05, 0.1) is 18.2 Å². The Morgan fingerprint density at radius 2 is 2.58 bits per heavy atom. The zero-order valence-corrected chi connectivity index (χ0v) is 6.79. The molecule has 62 valence electrons. The number of aryl methyl sites for hydroxylation is 1. The SMILES string of the molecule is N#C[C@@H]1CCCc2cnoc2C1. The molecule has 0 saturated heterocycles. The molecule has 0 bridgehead atoms. The summed E-state index contributed by atoms with van der Waals surface area (Å²) in [6.45, 7) is 0. The molecule has 3 heteroatoms. The van der Waals surface area contributed by atoms with Gasteiger partial charge in [-0.25, -0.2) is 0 Å². The molecule has 2 rings (SSSR count). The number of rotatable bonds is 0. The molecule has 12 heavy (non-hydrogen) atoms. The smallest absolute Gasteiger partial charge is 0.141 e. The number of nitriles is 1. The monoisotopic (exact) mass is 162 g/mol. The molecule has 1 aliphatic rings. The van der Waals surface area contributed by atoms with E-state index in [9.17, 15) is 0 Å². The van der Waals surface area contributed by atoms with Gasteiger partial charge in [-0.05, 0) is 19.3 Å². The van der Waals surface area contributed by atoms with Crippen molar-refractivity contribution in [2.75, 3.05) is 0 Å². The van der Waals surface area contributed by atoms with E-state index in [1.165, 1.54) is 5.56 Å². The van der Waals surface area contributed by atoms with Crippen LogP contribution in [0.5, 0.6) is 0 Å². The molecule has 0 spiro atoms. The van der Waals surface area contributed by atoms with Gasteiger partial charge < -0.3 is 4.52 Å². The Labute approximate surface area is 71.0 Å². The highest BCUT2D eigenvalue weighted by Crippen LogP contribution is 2.23. The van der Waals surface area contributed by atoms with Crippen molar-refractivity contribution < 1.29 is 4.52 Å². The summed E-state index contributed by atoms with van der Waals surface area (Å²) in [4.78, 5) is 0. The number of hydrogen-bond acceptors (Lipinski definition) is 3. The summed E-state index contributed by atoms with van der Waals surface area (Å²) in [5.74, 6) is 1.04. The average Bonchev–Trinajstić information content (AvgIpc) is 2.43. The third-order valence-electron chi connectivity index (χ3n) is 2.34. The largest absolute Gasteiger partial charge is 0.361 e. The van der Waals surface area contributed by atoms with Crippen LogP contribution in [-0.4, -0.2) is 5.16 Å². The van der Waals surface area contributed by atoms with Crippen molar-refractivity contribution in [3.63, 3.8) is 0 Å². The van der Waals surface area contributed by atoms with Gasteiger partial charge in [0, 0.05) is 12.0 Å². The maximum absolute atomic E-state index is 8.77. The highest BCUT2D eigenvalue weighted by atomic mass is 16.5. The maximum Gasteiger partial charge on any atom is 0.141 e. The van der Waals surface area contributed by atoms with Gasteiger partial charge in [0.1, 0.15) is 5.76 Å². The number of nitrogens with zero attached hydrogens (tertiary/aromatic N) is 2. The topological polar surface area (TPSA) is 49.8 Å². The van der Waals surface area contributed by atoms with Crippen molar-refractivity contribution >= 4 is 0 Å². The van der Waals surface area contributed by atoms with Crippen LogP contribution in [0, 0.1) is 17.2 Å². The van der Waals surface area contributed by atoms with Crippen LogP contribution in [0.1, 0.15) is 24.2 Å². The molecule has 0 radical (unpaired) electrons. The van der Waals surface area contributed by atoms with Crippen LogP contribution < -0.4 is 0 Å². The summed E-state index contributed by atoms with van der Waals surface area (Å²) < 4.78 is 5.07. The highest BCUT2D eigenvalue weighted by Gasteiger charge is 2.19. The molecule has 0 fully saturated rings. The van der Waals surface area contributed by atoms with Crippen molar-refractivity contribution in [1.29, 1.82) is 5.26 Å². The molecular formula is C9H10N2O. The average molecular weight is 162 g/mol. The van der Waals surface area contributed by atoms with Crippen LogP contribution in [-0.2, 0) is 12.8 Å². The van der Waals surface area contributed by atoms with Gasteiger partial charge in [-0.3, -0.25) is 0 Å². The molecule has 3 nitrogen and oxygen atoms in total. The lowest BCUT2D eigenvalue weighted by atomic mass is 10.0. The molecule has 1 aliphatic carbocycles. The van der Waals surface area contributed by atoms with Gasteiger partial charge in [0.2, 0.25) is 0 Å². The van der Waals surface area contributed by atoms with Gasteiger partial charge in [0.25, 0.3) is 0 Å². The maximum atomic E-state index is 8.77. The molecule has 0 saturated carbocycles. The minimum Gasteiger partial charge on any atom is -0.361 e. The molecule has 1 heterocycles. The van der Waals surface area contributed by atoms with Gasteiger partial charge in [0.15, 0.2) is 0 Å². The van der Waals surface area contributed by atoms with Crippen molar-refractivity contribution in [1.82, 2.24) is 5.16 Å². The minimum atomic E-state index is 0.124. The third kappa shape index (κ3) is 1.20. The Balaban J connectivity index is 2.25. The van der Waals surface area contributed by atoms with E-state index in [4.69, 9.17) is 9.78 Å². The van der Waals surface area contributed by atoms with E-state index < -0.39 is 0 Å². The fourth-order valence-corrected chi connectivity index (χ4v) is 1.63. The van der Waals surface area contributed by atoms with Crippen molar-refractivity contribution in [3.8, 4) is 6.07 Å². The number of aromatic nitrogens is 1. The van der Waals surface area contributed by atoms with E-state index >= 15 is 0 Å². The first-order valence-corrected chi connectivity index (χ1v) is 4.22. The molecule has 0 N–H and O–H groups in total. The second-order valence-electron chi connectivity index (χ2n) is 3.20. The Hall–Kier alpha value is -1.30. The standard InChI is InChI=1S/C9H10N2O/c10-5-7-2-1-3-8-6-11-12-9(8)4-7/h6-7H,1-4H2/t7-/m1/s1. The molecule has 1 aromatic heterocycles. The predicted octanol–water partition coefficient (Wildman–Crippen LogP) is 1.69. The lowest BCUT2D eigenvalue weighted by Crippen LogP contribution is -1.98. The van der Waals surface area contributed by atoms with Gasteiger partial charge in [-0.2, -0.15) is 5.26 Å². The van der Waals surface area contributed by atoms with Crippen LogP contribution in [0.4, 0.5) is 0 Å². The first-order valence-electron chi connectivity index (χ1n) is 4.22. The van der Waals surface area contributed by atoms with Crippen molar-refractivity contribution in [3.05, 3.63) is 17.5 Å². The Bertz CT molecular complexity index is 311. The fraction of sp³-hybridized carbons (Fsp3) is 0.556. The van der Waals surface area contributed by atoms with Crippen LogP contribution in [0.2, 0.25) is 0 Å². The first-order chi connectivity index (χ1) is 5.90. The molecular weight excluding hydrogens is 152 g/mol. The molecule has 0 amide bonds. The Kier molecular flexibility index (Phi) is 1.83. The van der Waals surface area contributed by atoms with Crippen LogP contribution >= 0.6 is 0 Å². The van der Waals surface area contributed by atoms with Crippen LogP contribution in [0.25, 0.3) is 0 Å². The lowest BCUT2D eigenvalue weighted by Gasteiger charge is -1.99. The Morgan fingerprint density at radius 3 is 3.42 bits per heavy atom. The first kappa shape index (κ1) is 7.35. The van der Waals surface area contributed by atoms with Gasteiger partial charge in [-0.1, -0.05) is 5.16 Å². The Morgan fingerprint density at radius 1 is 1.67 bits per heavy atom. The second kappa shape index (κ2) is 2.98. The lowest BCUT2D eigenvalue weighted by molar-refractivity contribution is 0.370. The fourth-order valence-electron chi connectivity index (χ4n) is 1.63.